The third kappa shape index (κ3) is 3.45. The summed E-state index contributed by atoms with van der Waals surface area (Å²) in [5.74, 6) is -0.983. The molecule has 0 amide bonds. The van der Waals surface area contributed by atoms with Crippen molar-refractivity contribution in [3.8, 4) is 6.07 Å². The van der Waals surface area contributed by atoms with Gasteiger partial charge in [0.1, 0.15) is 0 Å². The SMILES string of the molecule is CCOC(=O)C1(C#N)[C@@H]2C=CC=CC=C2N(c2ccc(C)cc2)[C@H]1c1ccc(Cl)cc1. The lowest BCUT2D eigenvalue weighted by Crippen LogP contribution is -2.41. The molecule has 0 radical (unpaired) electrons. The molecule has 0 saturated carbocycles. The Balaban J connectivity index is 2.02. The maximum absolute atomic E-state index is 13.5. The number of halogens is 1. The van der Waals surface area contributed by atoms with Gasteiger partial charge in [-0.2, -0.15) is 5.26 Å². The molecule has 2 aromatic rings. The van der Waals surface area contributed by atoms with E-state index in [2.05, 4.69) is 11.0 Å². The van der Waals surface area contributed by atoms with Gasteiger partial charge in [0.15, 0.2) is 5.41 Å². The van der Waals surface area contributed by atoms with E-state index in [-0.39, 0.29) is 6.61 Å². The highest BCUT2D eigenvalue weighted by Gasteiger charge is 2.63. The summed E-state index contributed by atoms with van der Waals surface area (Å²) in [4.78, 5) is 15.6. The van der Waals surface area contributed by atoms with Crippen LogP contribution in [0.1, 0.15) is 24.1 Å². The number of fused-ring (bicyclic) bond motifs is 1. The van der Waals surface area contributed by atoms with Crippen LogP contribution >= 0.6 is 11.6 Å². The fourth-order valence-electron chi connectivity index (χ4n) is 4.46. The number of carbonyl (C=O) groups excluding carboxylic acids is 1. The third-order valence-electron chi connectivity index (χ3n) is 5.87. The topological polar surface area (TPSA) is 53.3 Å². The molecule has 3 atom stereocenters. The van der Waals surface area contributed by atoms with Crippen LogP contribution in [0.2, 0.25) is 5.02 Å². The molecule has 0 aromatic heterocycles. The number of carbonyl (C=O) groups is 1. The first-order chi connectivity index (χ1) is 15.0. The molecule has 4 rings (SSSR count). The predicted octanol–water partition coefficient (Wildman–Crippen LogP) is 5.91. The summed E-state index contributed by atoms with van der Waals surface area (Å²) in [6.45, 7) is 3.99. The van der Waals surface area contributed by atoms with E-state index in [1.54, 1.807) is 19.1 Å². The van der Waals surface area contributed by atoms with Crippen molar-refractivity contribution in [2.75, 3.05) is 11.5 Å². The maximum Gasteiger partial charge on any atom is 0.330 e. The van der Waals surface area contributed by atoms with Gasteiger partial charge in [-0.1, -0.05) is 65.7 Å². The molecular formula is C26H23ClN2O2. The first kappa shape index (κ1) is 21.0. The highest BCUT2D eigenvalue weighted by atomic mass is 35.5. The molecule has 1 saturated heterocycles. The molecule has 0 N–H and O–H groups in total. The fourth-order valence-corrected chi connectivity index (χ4v) is 4.59. The number of ether oxygens (including phenoxy) is 1. The van der Waals surface area contributed by atoms with Crippen LogP contribution in [-0.2, 0) is 9.53 Å². The number of hydrogen-bond donors (Lipinski definition) is 0. The normalized spacial score (nSPS) is 24.2. The van der Waals surface area contributed by atoms with Gasteiger partial charge in [0.25, 0.3) is 0 Å². The summed E-state index contributed by atoms with van der Waals surface area (Å²) in [7, 11) is 0. The zero-order valence-electron chi connectivity index (χ0n) is 17.5. The Labute approximate surface area is 187 Å². The zero-order chi connectivity index (χ0) is 22.0. The summed E-state index contributed by atoms with van der Waals surface area (Å²) in [6, 6.07) is 17.3. The quantitative estimate of drug-likeness (QED) is 0.566. The summed E-state index contributed by atoms with van der Waals surface area (Å²) in [5.41, 5.74) is 2.29. The second kappa shape index (κ2) is 8.45. The number of nitrogens with zero attached hydrogens (tertiary/aromatic N) is 2. The number of esters is 1. The minimum atomic E-state index is -1.46. The second-order valence-electron chi connectivity index (χ2n) is 7.70. The van der Waals surface area contributed by atoms with E-state index in [4.69, 9.17) is 16.3 Å². The van der Waals surface area contributed by atoms with Gasteiger partial charge in [-0.05, 0) is 49.8 Å². The Hall–Kier alpha value is -3.29. The Morgan fingerprint density at radius 1 is 1.13 bits per heavy atom. The minimum Gasteiger partial charge on any atom is -0.465 e. The Morgan fingerprint density at radius 2 is 1.84 bits per heavy atom. The van der Waals surface area contributed by atoms with Crippen LogP contribution in [0.3, 0.4) is 0 Å². The lowest BCUT2D eigenvalue weighted by atomic mass is 9.71. The van der Waals surface area contributed by atoms with E-state index in [1.165, 1.54) is 0 Å². The highest BCUT2D eigenvalue weighted by molar-refractivity contribution is 6.30. The number of aryl methyl sites for hydroxylation is 1. The number of allylic oxidation sites excluding steroid dienone is 5. The average Bonchev–Trinajstić information content (AvgIpc) is 2.89. The smallest absolute Gasteiger partial charge is 0.330 e. The summed E-state index contributed by atoms with van der Waals surface area (Å²) >= 11 is 6.15. The molecule has 156 valence electrons. The number of benzene rings is 2. The maximum atomic E-state index is 13.5. The van der Waals surface area contributed by atoms with Crippen LogP contribution in [0.15, 0.2) is 84.6 Å². The van der Waals surface area contributed by atoms with E-state index in [0.29, 0.717) is 5.02 Å². The van der Waals surface area contributed by atoms with Crippen LogP contribution in [-0.4, -0.2) is 12.6 Å². The van der Waals surface area contributed by atoms with Crippen LogP contribution in [0, 0.1) is 29.6 Å². The average molecular weight is 431 g/mol. The fraction of sp³-hybridized carbons (Fsp3) is 0.231. The Kier molecular flexibility index (Phi) is 5.71. The van der Waals surface area contributed by atoms with E-state index in [9.17, 15) is 10.1 Å². The predicted molar refractivity (Wildman–Crippen MR) is 122 cm³/mol. The van der Waals surface area contributed by atoms with Gasteiger partial charge < -0.3 is 9.64 Å². The van der Waals surface area contributed by atoms with Crippen LogP contribution in [0.4, 0.5) is 5.69 Å². The van der Waals surface area contributed by atoms with Gasteiger partial charge >= 0.3 is 5.97 Å². The first-order valence-corrected chi connectivity index (χ1v) is 10.7. The molecule has 2 aromatic carbocycles. The molecule has 31 heavy (non-hydrogen) atoms. The van der Waals surface area contributed by atoms with E-state index >= 15 is 0 Å². The van der Waals surface area contributed by atoms with Gasteiger partial charge in [0, 0.05) is 22.3 Å². The monoisotopic (exact) mass is 430 g/mol. The molecule has 5 heteroatoms. The van der Waals surface area contributed by atoms with Gasteiger partial charge in [0.2, 0.25) is 0 Å². The van der Waals surface area contributed by atoms with Gasteiger partial charge in [-0.15, -0.1) is 0 Å². The first-order valence-electron chi connectivity index (χ1n) is 10.3. The molecule has 1 unspecified atom stereocenters. The Bertz CT molecular complexity index is 1110. The van der Waals surface area contributed by atoms with Crippen LogP contribution in [0.25, 0.3) is 0 Å². The van der Waals surface area contributed by atoms with Gasteiger partial charge in [-0.3, -0.25) is 4.79 Å². The number of anilines is 1. The van der Waals surface area contributed by atoms with Crippen molar-refractivity contribution in [2.24, 2.45) is 11.3 Å². The molecule has 1 heterocycles. The molecular weight excluding hydrogens is 408 g/mol. The standard InChI is InChI=1S/C26H23ClN2O2/c1-3-31-25(30)26(17-28)22-7-5-4-6-8-23(22)29(21-15-9-18(2)10-16-21)24(26)19-11-13-20(27)14-12-19/h4-16,22,24H,3H2,1-2H3/t22-,24+,26?/m1/s1. The van der Waals surface area contributed by atoms with E-state index in [0.717, 1.165) is 22.5 Å². The summed E-state index contributed by atoms with van der Waals surface area (Å²) in [6.07, 6.45) is 9.63. The van der Waals surface area contributed by atoms with E-state index in [1.807, 2.05) is 73.7 Å². The summed E-state index contributed by atoms with van der Waals surface area (Å²) in [5, 5.41) is 11.2. The molecule has 1 aliphatic carbocycles. The molecule has 4 nitrogen and oxygen atoms in total. The molecule has 2 aliphatic rings. The van der Waals surface area contributed by atoms with Crippen molar-refractivity contribution in [3.63, 3.8) is 0 Å². The van der Waals surface area contributed by atoms with Crippen molar-refractivity contribution in [2.45, 2.75) is 19.9 Å². The van der Waals surface area contributed by atoms with Crippen molar-refractivity contribution < 1.29 is 9.53 Å². The van der Waals surface area contributed by atoms with Crippen molar-refractivity contribution in [1.82, 2.24) is 0 Å². The number of nitriles is 1. The lowest BCUT2D eigenvalue weighted by Gasteiger charge is -2.34. The molecule has 0 bridgehead atoms. The third-order valence-corrected chi connectivity index (χ3v) is 6.12. The van der Waals surface area contributed by atoms with Crippen molar-refractivity contribution in [1.29, 1.82) is 5.26 Å². The second-order valence-corrected chi connectivity index (χ2v) is 8.14. The van der Waals surface area contributed by atoms with Crippen LogP contribution < -0.4 is 4.90 Å². The Morgan fingerprint density at radius 3 is 2.48 bits per heavy atom. The zero-order valence-corrected chi connectivity index (χ0v) is 18.2. The lowest BCUT2D eigenvalue weighted by molar-refractivity contribution is -0.153. The molecule has 1 aliphatic heterocycles. The molecule has 0 spiro atoms. The largest absolute Gasteiger partial charge is 0.465 e. The summed E-state index contributed by atoms with van der Waals surface area (Å²) < 4.78 is 5.49. The van der Waals surface area contributed by atoms with Crippen molar-refractivity contribution in [3.05, 3.63) is 101 Å². The van der Waals surface area contributed by atoms with Crippen LogP contribution in [0.5, 0.6) is 0 Å². The van der Waals surface area contributed by atoms with Crippen molar-refractivity contribution >= 4 is 23.3 Å². The van der Waals surface area contributed by atoms with Gasteiger partial charge in [-0.25, -0.2) is 0 Å². The number of rotatable bonds is 4. The minimum absolute atomic E-state index is 0.202. The highest BCUT2D eigenvalue weighted by Crippen LogP contribution is 2.58. The van der Waals surface area contributed by atoms with Gasteiger partial charge in [0.05, 0.1) is 18.7 Å². The number of hydrogen-bond acceptors (Lipinski definition) is 4. The molecule has 1 fully saturated rings. The van der Waals surface area contributed by atoms with E-state index < -0.39 is 23.3 Å².